The van der Waals surface area contributed by atoms with E-state index >= 15 is 0 Å². The number of halogens is 1. The molecule has 2 fully saturated rings. The maximum Gasteiger partial charge on any atom is 0.240 e. The van der Waals surface area contributed by atoms with E-state index in [1.807, 2.05) is 0 Å². The first-order chi connectivity index (χ1) is 7.55. The van der Waals surface area contributed by atoms with Crippen molar-refractivity contribution in [2.45, 2.75) is 31.6 Å². The summed E-state index contributed by atoms with van der Waals surface area (Å²) in [4.78, 5) is 25.4. The van der Waals surface area contributed by atoms with Gasteiger partial charge in [-0.2, -0.15) is 0 Å². The minimum absolute atomic E-state index is 0.0551. The van der Waals surface area contributed by atoms with E-state index in [0.717, 1.165) is 32.4 Å². The van der Waals surface area contributed by atoms with Gasteiger partial charge in [-0.15, -0.1) is 11.6 Å². The Balaban J connectivity index is 2.10. The van der Waals surface area contributed by atoms with Crippen LogP contribution < -0.4 is 5.32 Å². The van der Waals surface area contributed by atoms with Gasteiger partial charge in [0.1, 0.15) is 5.38 Å². The number of alkyl halides is 1. The molecule has 2 unspecified atom stereocenters. The van der Waals surface area contributed by atoms with Crippen molar-refractivity contribution in [2.24, 2.45) is 5.41 Å². The summed E-state index contributed by atoms with van der Waals surface area (Å²) in [6.07, 6.45) is 2.62. The lowest BCUT2D eigenvalue weighted by molar-refractivity contribution is -0.138. The van der Waals surface area contributed by atoms with Crippen molar-refractivity contribution in [1.82, 2.24) is 10.2 Å². The van der Waals surface area contributed by atoms with E-state index in [1.165, 1.54) is 0 Å². The lowest BCUT2D eigenvalue weighted by Gasteiger charge is -2.38. The van der Waals surface area contributed by atoms with Crippen molar-refractivity contribution in [1.29, 1.82) is 0 Å². The zero-order chi connectivity index (χ0) is 11.8. The lowest BCUT2D eigenvalue weighted by atomic mass is 9.78. The molecule has 0 bridgehead atoms. The van der Waals surface area contributed by atoms with Crippen molar-refractivity contribution in [3.05, 3.63) is 0 Å². The summed E-state index contributed by atoms with van der Waals surface area (Å²) in [6, 6.07) is 0. The summed E-state index contributed by atoms with van der Waals surface area (Å²) in [7, 11) is 0. The van der Waals surface area contributed by atoms with Crippen molar-refractivity contribution < 1.29 is 9.59 Å². The molecule has 0 aromatic heterocycles. The number of likely N-dealkylation sites (tertiary alicyclic amines) is 1. The number of hydrogen-bond donors (Lipinski definition) is 1. The third-order valence-corrected chi connectivity index (χ3v) is 3.79. The molecule has 2 rings (SSSR count). The van der Waals surface area contributed by atoms with Crippen LogP contribution in [0.25, 0.3) is 0 Å². The second-order valence-electron chi connectivity index (χ2n) is 4.77. The second kappa shape index (κ2) is 4.24. The number of nitrogens with zero attached hydrogens (tertiary/aromatic N) is 1. The van der Waals surface area contributed by atoms with E-state index in [9.17, 15) is 9.59 Å². The van der Waals surface area contributed by atoms with Crippen LogP contribution in [0.1, 0.15) is 26.2 Å². The quantitative estimate of drug-likeness (QED) is 0.692. The van der Waals surface area contributed by atoms with Crippen LogP contribution in [0.4, 0.5) is 0 Å². The van der Waals surface area contributed by atoms with E-state index in [4.69, 9.17) is 11.6 Å². The Bertz CT molecular complexity index is 319. The highest BCUT2D eigenvalue weighted by atomic mass is 35.5. The minimum atomic E-state index is -0.500. The number of hydrogen-bond acceptors (Lipinski definition) is 2. The zero-order valence-corrected chi connectivity index (χ0v) is 10.2. The minimum Gasteiger partial charge on any atom is -0.356 e. The molecule has 4 nitrogen and oxygen atoms in total. The molecule has 0 aliphatic carbocycles. The number of piperidine rings is 1. The number of carbonyl (C=O) groups is 2. The molecule has 16 heavy (non-hydrogen) atoms. The molecule has 2 aliphatic heterocycles. The Labute approximate surface area is 100 Å². The Hall–Kier alpha value is -0.770. The molecule has 2 heterocycles. The van der Waals surface area contributed by atoms with E-state index in [2.05, 4.69) is 5.32 Å². The fourth-order valence-electron chi connectivity index (χ4n) is 2.68. The fraction of sp³-hybridized carbons (Fsp3) is 0.818. The average molecular weight is 245 g/mol. The first-order valence-electron chi connectivity index (χ1n) is 5.76. The van der Waals surface area contributed by atoms with E-state index < -0.39 is 5.38 Å². The van der Waals surface area contributed by atoms with Crippen molar-refractivity contribution in [3.8, 4) is 0 Å². The third-order valence-electron chi connectivity index (χ3n) is 3.60. The SMILES string of the molecule is CC(Cl)C(=O)N1CCCC2(CCNC2=O)C1. The molecule has 0 aromatic rings. The largest absolute Gasteiger partial charge is 0.356 e. The van der Waals surface area contributed by atoms with Gasteiger partial charge < -0.3 is 10.2 Å². The van der Waals surface area contributed by atoms with Crippen LogP contribution in [-0.4, -0.2) is 41.7 Å². The Kier molecular flexibility index (Phi) is 3.10. The number of carbonyl (C=O) groups excluding carboxylic acids is 2. The molecule has 0 aromatic carbocycles. The summed E-state index contributed by atoms with van der Waals surface area (Å²) in [6.45, 7) is 3.68. The Morgan fingerprint density at radius 2 is 2.31 bits per heavy atom. The molecule has 2 saturated heterocycles. The van der Waals surface area contributed by atoms with Gasteiger partial charge in [0.25, 0.3) is 0 Å². The zero-order valence-electron chi connectivity index (χ0n) is 9.46. The van der Waals surface area contributed by atoms with Gasteiger partial charge in [-0.05, 0) is 26.2 Å². The molecule has 5 heteroatoms. The maximum atomic E-state index is 11.8. The van der Waals surface area contributed by atoms with Crippen LogP contribution in [0.15, 0.2) is 0 Å². The number of nitrogens with one attached hydrogen (secondary N) is 1. The van der Waals surface area contributed by atoms with Crippen LogP contribution in [0.3, 0.4) is 0 Å². The second-order valence-corrected chi connectivity index (χ2v) is 5.42. The van der Waals surface area contributed by atoms with Crippen molar-refractivity contribution in [3.63, 3.8) is 0 Å². The van der Waals surface area contributed by atoms with Gasteiger partial charge in [-0.25, -0.2) is 0 Å². The molecule has 1 N–H and O–H groups in total. The van der Waals surface area contributed by atoms with Gasteiger partial charge in [-0.3, -0.25) is 9.59 Å². The van der Waals surface area contributed by atoms with E-state index in [0.29, 0.717) is 6.54 Å². The van der Waals surface area contributed by atoms with Crippen LogP contribution in [0.5, 0.6) is 0 Å². The van der Waals surface area contributed by atoms with Gasteiger partial charge in [-0.1, -0.05) is 0 Å². The van der Waals surface area contributed by atoms with Crippen LogP contribution in [0.2, 0.25) is 0 Å². The topological polar surface area (TPSA) is 49.4 Å². The molecule has 2 amide bonds. The maximum absolute atomic E-state index is 11.8. The van der Waals surface area contributed by atoms with Crippen molar-refractivity contribution >= 4 is 23.4 Å². The number of rotatable bonds is 1. The molecule has 2 atom stereocenters. The molecule has 90 valence electrons. The van der Waals surface area contributed by atoms with E-state index in [-0.39, 0.29) is 17.2 Å². The van der Waals surface area contributed by atoms with Gasteiger partial charge in [0, 0.05) is 19.6 Å². The smallest absolute Gasteiger partial charge is 0.240 e. The molecule has 1 spiro atoms. The summed E-state index contributed by atoms with van der Waals surface area (Å²) < 4.78 is 0. The molecular weight excluding hydrogens is 228 g/mol. The van der Waals surface area contributed by atoms with Crippen LogP contribution >= 0.6 is 11.6 Å². The Morgan fingerprint density at radius 1 is 1.56 bits per heavy atom. The van der Waals surface area contributed by atoms with Gasteiger partial charge in [0.2, 0.25) is 11.8 Å². The Morgan fingerprint density at radius 3 is 2.88 bits per heavy atom. The fourth-order valence-corrected chi connectivity index (χ4v) is 2.82. The highest BCUT2D eigenvalue weighted by Crippen LogP contribution is 2.36. The average Bonchev–Trinajstić information content (AvgIpc) is 2.59. The molecule has 2 aliphatic rings. The van der Waals surface area contributed by atoms with Crippen LogP contribution in [-0.2, 0) is 9.59 Å². The monoisotopic (exact) mass is 244 g/mol. The summed E-state index contributed by atoms with van der Waals surface area (Å²) in [5.74, 6) is 0.0488. The standard InChI is InChI=1S/C11H17ClN2O2/c1-8(12)9(15)14-6-2-3-11(7-14)4-5-13-10(11)16/h8H,2-7H2,1H3,(H,13,16). The predicted molar refractivity (Wildman–Crippen MR) is 61.2 cm³/mol. The van der Waals surface area contributed by atoms with Gasteiger partial charge in [0.05, 0.1) is 5.41 Å². The normalized spacial score (nSPS) is 31.6. The van der Waals surface area contributed by atoms with E-state index in [1.54, 1.807) is 11.8 Å². The number of amides is 2. The first kappa shape index (κ1) is 11.7. The van der Waals surface area contributed by atoms with Crippen molar-refractivity contribution in [2.75, 3.05) is 19.6 Å². The predicted octanol–water partition coefficient (Wildman–Crippen LogP) is 0.742. The first-order valence-corrected chi connectivity index (χ1v) is 6.20. The summed E-state index contributed by atoms with van der Waals surface area (Å²) in [5, 5.41) is 2.36. The summed E-state index contributed by atoms with van der Waals surface area (Å²) in [5.41, 5.74) is -0.334. The van der Waals surface area contributed by atoms with Gasteiger partial charge >= 0.3 is 0 Å². The summed E-state index contributed by atoms with van der Waals surface area (Å²) >= 11 is 5.80. The highest BCUT2D eigenvalue weighted by Gasteiger charge is 2.46. The third kappa shape index (κ3) is 1.90. The molecular formula is C11H17ClN2O2. The lowest BCUT2D eigenvalue weighted by Crippen LogP contribution is -2.50. The van der Waals surface area contributed by atoms with Gasteiger partial charge in [0.15, 0.2) is 0 Å². The molecule has 0 radical (unpaired) electrons. The van der Waals surface area contributed by atoms with Crippen LogP contribution in [0, 0.1) is 5.41 Å². The molecule has 0 saturated carbocycles. The highest BCUT2D eigenvalue weighted by molar-refractivity contribution is 6.30.